The van der Waals surface area contributed by atoms with Crippen LogP contribution in [-0.4, -0.2) is 54.5 Å². The first-order chi connectivity index (χ1) is 13.6. The predicted octanol–water partition coefficient (Wildman–Crippen LogP) is 2.49. The van der Waals surface area contributed by atoms with Gasteiger partial charge in [0, 0.05) is 49.1 Å². The lowest BCUT2D eigenvalue weighted by atomic mass is 9.95. The van der Waals surface area contributed by atoms with Gasteiger partial charge in [0.15, 0.2) is 0 Å². The average Bonchev–Trinajstić information content (AvgIpc) is 3.24. The monoisotopic (exact) mass is 406 g/mol. The summed E-state index contributed by atoms with van der Waals surface area (Å²) in [6.07, 6.45) is 7.64. The molecule has 8 heteroatoms. The van der Waals surface area contributed by atoms with E-state index in [-0.39, 0.29) is 30.3 Å². The van der Waals surface area contributed by atoms with Crippen LogP contribution in [0.15, 0.2) is 16.8 Å². The summed E-state index contributed by atoms with van der Waals surface area (Å²) in [7, 11) is 0. The van der Waals surface area contributed by atoms with Gasteiger partial charge in [0.1, 0.15) is 0 Å². The van der Waals surface area contributed by atoms with Crippen molar-refractivity contribution in [2.75, 3.05) is 19.6 Å². The molecular weight excluding hydrogens is 376 g/mol. The van der Waals surface area contributed by atoms with Gasteiger partial charge in [0.25, 0.3) is 5.91 Å². The van der Waals surface area contributed by atoms with Gasteiger partial charge in [-0.1, -0.05) is 19.3 Å². The van der Waals surface area contributed by atoms with Crippen LogP contribution in [0.25, 0.3) is 0 Å². The molecule has 154 valence electrons. The largest absolute Gasteiger partial charge is 0.353 e. The molecule has 0 spiro atoms. The van der Waals surface area contributed by atoms with Crippen LogP contribution in [0.5, 0.6) is 0 Å². The van der Waals surface area contributed by atoms with Crippen LogP contribution in [0.2, 0.25) is 0 Å². The second-order valence-electron chi connectivity index (χ2n) is 7.63. The summed E-state index contributed by atoms with van der Waals surface area (Å²) in [5.74, 6) is -0.206. The smallest absolute Gasteiger partial charge is 0.317 e. The molecular formula is C20H30N4O3S. The molecule has 28 heavy (non-hydrogen) atoms. The summed E-state index contributed by atoms with van der Waals surface area (Å²) in [5, 5.41) is 12.6. The Morgan fingerprint density at radius 3 is 2.39 bits per heavy atom. The molecule has 0 bridgehead atoms. The molecule has 1 aromatic rings. The fraction of sp³-hybridized carbons (Fsp3) is 0.650. The second-order valence-corrected chi connectivity index (χ2v) is 8.41. The van der Waals surface area contributed by atoms with Crippen molar-refractivity contribution >= 4 is 29.2 Å². The third kappa shape index (κ3) is 6.22. The third-order valence-electron chi connectivity index (χ3n) is 5.50. The number of carbonyl (C=O) groups excluding carboxylic acids is 3. The molecule has 1 saturated carbocycles. The highest BCUT2D eigenvalue weighted by atomic mass is 32.1. The van der Waals surface area contributed by atoms with Gasteiger partial charge in [-0.25, -0.2) is 4.79 Å². The van der Waals surface area contributed by atoms with Crippen molar-refractivity contribution in [1.82, 2.24) is 20.9 Å². The normalized spacial score (nSPS) is 18.5. The van der Waals surface area contributed by atoms with E-state index in [1.54, 1.807) is 11.4 Å². The zero-order chi connectivity index (χ0) is 19.8. The molecule has 7 nitrogen and oxygen atoms in total. The highest BCUT2D eigenvalue weighted by molar-refractivity contribution is 7.08. The Kier molecular flexibility index (Phi) is 7.71. The first kappa shape index (κ1) is 20.6. The van der Waals surface area contributed by atoms with Gasteiger partial charge in [-0.2, -0.15) is 11.3 Å². The van der Waals surface area contributed by atoms with E-state index in [2.05, 4.69) is 16.0 Å². The third-order valence-corrected chi connectivity index (χ3v) is 6.18. The van der Waals surface area contributed by atoms with Crippen LogP contribution in [0, 0.1) is 0 Å². The number of hydrogen-bond acceptors (Lipinski definition) is 4. The minimum absolute atomic E-state index is 0.0350. The van der Waals surface area contributed by atoms with Crippen molar-refractivity contribution in [1.29, 1.82) is 0 Å². The topological polar surface area (TPSA) is 90.5 Å². The Hall–Kier alpha value is -2.09. The molecule has 1 aliphatic carbocycles. The van der Waals surface area contributed by atoms with E-state index in [1.165, 1.54) is 30.6 Å². The van der Waals surface area contributed by atoms with E-state index in [1.807, 2.05) is 10.3 Å². The number of likely N-dealkylation sites (tertiary alicyclic amines) is 1. The SMILES string of the molecule is O=C(CCNC(=O)c1ccsc1)NC1CCN(C(=O)NC2CCCCC2)CC1. The Morgan fingerprint density at radius 2 is 1.71 bits per heavy atom. The molecule has 0 radical (unpaired) electrons. The van der Waals surface area contributed by atoms with Crippen molar-refractivity contribution in [2.45, 2.75) is 63.5 Å². The Labute approximate surface area is 170 Å². The maximum atomic E-state index is 12.4. The quantitative estimate of drug-likeness (QED) is 0.678. The fourth-order valence-electron chi connectivity index (χ4n) is 3.82. The maximum Gasteiger partial charge on any atom is 0.317 e. The molecule has 2 aliphatic rings. The summed E-state index contributed by atoms with van der Waals surface area (Å²) in [4.78, 5) is 38.2. The summed E-state index contributed by atoms with van der Waals surface area (Å²) in [6, 6.07) is 2.22. The lowest BCUT2D eigenvalue weighted by Gasteiger charge is -2.34. The van der Waals surface area contributed by atoms with Crippen LogP contribution in [0.1, 0.15) is 61.7 Å². The predicted molar refractivity (Wildman–Crippen MR) is 109 cm³/mol. The van der Waals surface area contributed by atoms with E-state index in [4.69, 9.17) is 0 Å². The number of piperidine rings is 1. The van der Waals surface area contributed by atoms with Gasteiger partial charge in [-0.3, -0.25) is 9.59 Å². The van der Waals surface area contributed by atoms with Gasteiger partial charge >= 0.3 is 6.03 Å². The summed E-state index contributed by atoms with van der Waals surface area (Å²) in [5.41, 5.74) is 0.629. The van der Waals surface area contributed by atoms with Crippen LogP contribution in [0.3, 0.4) is 0 Å². The van der Waals surface area contributed by atoms with E-state index in [9.17, 15) is 14.4 Å². The molecule has 1 saturated heterocycles. The molecule has 2 fully saturated rings. The minimum Gasteiger partial charge on any atom is -0.353 e. The highest BCUT2D eigenvalue weighted by Crippen LogP contribution is 2.18. The first-order valence-electron chi connectivity index (χ1n) is 10.3. The number of carbonyl (C=O) groups is 3. The lowest BCUT2D eigenvalue weighted by molar-refractivity contribution is -0.121. The molecule has 0 aromatic carbocycles. The number of rotatable bonds is 6. The fourth-order valence-corrected chi connectivity index (χ4v) is 4.46. The highest BCUT2D eigenvalue weighted by Gasteiger charge is 2.25. The molecule has 0 unspecified atom stereocenters. The van der Waals surface area contributed by atoms with E-state index >= 15 is 0 Å². The van der Waals surface area contributed by atoms with Crippen LogP contribution in [0.4, 0.5) is 4.79 Å². The first-order valence-corrected chi connectivity index (χ1v) is 11.2. The second kappa shape index (κ2) is 10.5. The van der Waals surface area contributed by atoms with Crippen molar-refractivity contribution in [3.8, 4) is 0 Å². The van der Waals surface area contributed by atoms with E-state index in [0.29, 0.717) is 31.2 Å². The Bertz CT molecular complexity index is 650. The lowest BCUT2D eigenvalue weighted by Crippen LogP contribution is -2.51. The van der Waals surface area contributed by atoms with Crippen molar-refractivity contribution in [3.63, 3.8) is 0 Å². The molecule has 1 aliphatic heterocycles. The van der Waals surface area contributed by atoms with Crippen molar-refractivity contribution in [3.05, 3.63) is 22.4 Å². The zero-order valence-electron chi connectivity index (χ0n) is 16.2. The van der Waals surface area contributed by atoms with Crippen molar-refractivity contribution < 1.29 is 14.4 Å². The van der Waals surface area contributed by atoms with Gasteiger partial charge in [0.2, 0.25) is 5.91 Å². The number of thiophene rings is 1. The van der Waals surface area contributed by atoms with E-state index in [0.717, 1.165) is 25.7 Å². The number of hydrogen-bond donors (Lipinski definition) is 3. The number of nitrogens with one attached hydrogen (secondary N) is 3. The Morgan fingerprint density at radius 1 is 1.00 bits per heavy atom. The number of nitrogens with zero attached hydrogens (tertiary/aromatic N) is 1. The molecule has 0 atom stereocenters. The van der Waals surface area contributed by atoms with Gasteiger partial charge in [0.05, 0.1) is 0 Å². The molecule has 3 N–H and O–H groups in total. The van der Waals surface area contributed by atoms with Crippen LogP contribution >= 0.6 is 11.3 Å². The van der Waals surface area contributed by atoms with Crippen LogP contribution < -0.4 is 16.0 Å². The van der Waals surface area contributed by atoms with Crippen molar-refractivity contribution in [2.24, 2.45) is 0 Å². The van der Waals surface area contributed by atoms with Gasteiger partial charge < -0.3 is 20.9 Å². The molecule has 2 heterocycles. The summed E-state index contributed by atoms with van der Waals surface area (Å²) in [6.45, 7) is 1.65. The molecule has 1 aromatic heterocycles. The maximum absolute atomic E-state index is 12.4. The van der Waals surface area contributed by atoms with Gasteiger partial charge in [-0.15, -0.1) is 0 Å². The standard InChI is InChI=1S/C20H30N4O3S/c25-18(6-10-21-19(26)15-9-13-28-14-15)22-17-7-11-24(12-8-17)20(27)23-16-4-2-1-3-5-16/h9,13-14,16-17H,1-8,10-12H2,(H,21,26)(H,22,25)(H,23,27). The Balaban J connectivity index is 1.29. The average molecular weight is 407 g/mol. The van der Waals surface area contributed by atoms with Gasteiger partial charge in [-0.05, 0) is 37.1 Å². The zero-order valence-corrected chi connectivity index (χ0v) is 17.1. The summed E-state index contributed by atoms with van der Waals surface area (Å²) < 4.78 is 0. The molecule has 3 rings (SSSR count). The molecule has 4 amide bonds. The number of amides is 4. The summed E-state index contributed by atoms with van der Waals surface area (Å²) >= 11 is 1.47. The van der Waals surface area contributed by atoms with E-state index < -0.39 is 0 Å². The van der Waals surface area contributed by atoms with Crippen LogP contribution in [-0.2, 0) is 4.79 Å². The minimum atomic E-state index is -0.147. The number of urea groups is 1.